The minimum Gasteiger partial charge on any atom is -0.480 e. The molecule has 0 spiro atoms. The molecule has 3 aromatic rings. The molecule has 1 aromatic heterocycles. The van der Waals surface area contributed by atoms with Gasteiger partial charge in [-0.25, -0.2) is 9.78 Å². The van der Waals surface area contributed by atoms with Crippen LogP contribution in [0, 0.1) is 0 Å². The summed E-state index contributed by atoms with van der Waals surface area (Å²) >= 11 is 12.0. The van der Waals surface area contributed by atoms with Crippen LogP contribution in [0.5, 0.6) is 11.6 Å². The lowest BCUT2D eigenvalue weighted by Crippen LogP contribution is -2.41. The highest BCUT2D eigenvalue weighted by Crippen LogP contribution is 2.40. The Morgan fingerprint density at radius 2 is 1.75 bits per heavy atom. The van der Waals surface area contributed by atoms with Crippen molar-refractivity contribution in [1.29, 1.82) is 0 Å². The highest BCUT2D eigenvalue weighted by atomic mass is 35.5. The molecule has 192 valence electrons. The van der Waals surface area contributed by atoms with Gasteiger partial charge in [-0.05, 0) is 55.8 Å². The van der Waals surface area contributed by atoms with E-state index in [2.05, 4.69) is 4.98 Å². The average molecular weight is 542 g/mol. The van der Waals surface area contributed by atoms with Crippen LogP contribution in [0.15, 0.2) is 54.7 Å². The number of pyridine rings is 1. The zero-order valence-electron chi connectivity index (χ0n) is 19.7. The number of aromatic nitrogens is 1. The Morgan fingerprint density at radius 1 is 1.06 bits per heavy atom. The van der Waals surface area contributed by atoms with Gasteiger partial charge in [-0.3, -0.25) is 0 Å². The van der Waals surface area contributed by atoms with Gasteiger partial charge in [0.2, 0.25) is 5.88 Å². The summed E-state index contributed by atoms with van der Waals surface area (Å²) in [5.74, 6) is -1.18. The predicted molar refractivity (Wildman–Crippen MR) is 135 cm³/mol. The molecule has 0 saturated heterocycles. The van der Waals surface area contributed by atoms with Crippen LogP contribution < -0.4 is 14.5 Å². The molecule has 0 aliphatic rings. The van der Waals surface area contributed by atoms with Crippen LogP contribution in [0.3, 0.4) is 0 Å². The van der Waals surface area contributed by atoms with Crippen LogP contribution in [0.1, 0.15) is 25.8 Å². The van der Waals surface area contributed by atoms with Crippen molar-refractivity contribution in [2.75, 3.05) is 23.4 Å². The number of ether oxygens (including phenoxy) is 1. The Kier molecular flexibility index (Phi) is 8.58. The molecule has 0 amide bonds. The summed E-state index contributed by atoms with van der Waals surface area (Å²) in [5.41, 5.74) is 0.234. The summed E-state index contributed by atoms with van der Waals surface area (Å²) in [7, 11) is 1.80. The molecule has 1 unspecified atom stereocenters. The molecule has 2 aromatic carbocycles. The molecule has 6 nitrogen and oxygen atoms in total. The molecule has 36 heavy (non-hydrogen) atoms. The van der Waals surface area contributed by atoms with Gasteiger partial charge in [-0.1, -0.05) is 30.1 Å². The van der Waals surface area contributed by atoms with Gasteiger partial charge in [0.05, 0.1) is 27.5 Å². The molecule has 0 saturated carbocycles. The first kappa shape index (κ1) is 27.4. The first-order chi connectivity index (χ1) is 17.0. The highest BCUT2D eigenvalue weighted by molar-refractivity contribution is 6.42. The van der Waals surface area contributed by atoms with E-state index >= 15 is 0 Å². The van der Waals surface area contributed by atoms with Crippen molar-refractivity contribution in [3.05, 3.63) is 70.3 Å². The Balaban J connectivity index is 1.87. The maximum absolute atomic E-state index is 13.9. The normalized spacial score (nSPS) is 12.2. The maximum Gasteiger partial charge on any atom is 0.418 e. The van der Waals surface area contributed by atoms with Crippen molar-refractivity contribution in [1.82, 2.24) is 4.98 Å². The molecule has 11 heteroatoms. The number of carbonyl (C=O) groups is 1. The molecule has 0 bridgehead atoms. The highest BCUT2D eigenvalue weighted by Gasteiger charge is 2.37. The van der Waals surface area contributed by atoms with E-state index in [1.54, 1.807) is 45.2 Å². The third-order valence-corrected chi connectivity index (χ3v) is 6.33. The number of nitrogens with zero attached hydrogens (tertiary/aromatic N) is 3. The number of likely N-dealkylation sites (N-methyl/N-ethyl adjacent to an activating group) is 1. The van der Waals surface area contributed by atoms with Crippen LogP contribution in [-0.4, -0.2) is 35.7 Å². The van der Waals surface area contributed by atoms with Crippen molar-refractivity contribution in [3.8, 4) is 11.6 Å². The summed E-state index contributed by atoms with van der Waals surface area (Å²) in [6.45, 7) is 3.31. The molecule has 0 radical (unpaired) electrons. The number of alkyl halides is 3. The second-order valence-corrected chi connectivity index (χ2v) is 8.65. The van der Waals surface area contributed by atoms with Gasteiger partial charge in [0.15, 0.2) is 0 Å². The van der Waals surface area contributed by atoms with Crippen molar-refractivity contribution < 1.29 is 27.8 Å². The summed E-state index contributed by atoms with van der Waals surface area (Å²) in [6, 6.07) is 10.7. The lowest BCUT2D eigenvalue weighted by molar-refractivity contribution is -0.140. The number of carboxylic acids is 1. The Morgan fingerprint density at radius 3 is 2.28 bits per heavy atom. The van der Waals surface area contributed by atoms with Crippen molar-refractivity contribution in [2.45, 2.75) is 32.5 Å². The molecule has 0 fully saturated rings. The SMILES string of the molecule is CCC(C(=O)O)N(CC)c1ccc(Oc2ccc(N(C)c3ccc(Cl)c(Cl)c3)cn2)cc1C(F)(F)F. The zero-order chi connectivity index (χ0) is 26.6. The lowest BCUT2D eigenvalue weighted by atomic mass is 10.1. The van der Waals surface area contributed by atoms with Gasteiger partial charge in [0, 0.05) is 31.0 Å². The Bertz CT molecular complexity index is 1220. The molecule has 0 aliphatic carbocycles. The quantitative estimate of drug-likeness (QED) is 0.300. The number of aliphatic carboxylic acids is 1. The van der Waals surface area contributed by atoms with E-state index in [9.17, 15) is 23.1 Å². The molecule has 1 atom stereocenters. The molecular formula is C25H24Cl2F3N3O3. The van der Waals surface area contributed by atoms with E-state index in [4.69, 9.17) is 27.9 Å². The smallest absolute Gasteiger partial charge is 0.418 e. The lowest BCUT2D eigenvalue weighted by Gasteiger charge is -2.31. The Hall–Kier alpha value is -3.17. The van der Waals surface area contributed by atoms with Gasteiger partial charge in [-0.2, -0.15) is 13.2 Å². The van der Waals surface area contributed by atoms with Crippen molar-refractivity contribution in [2.24, 2.45) is 0 Å². The minimum atomic E-state index is -4.72. The molecular weight excluding hydrogens is 518 g/mol. The van der Waals surface area contributed by atoms with E-state index in [0.717, 1.165) is 11.8 Å². The Labute approximate surface area is 216 Å². The summed E-state index contributed by atoms with van der Waals surface area (Å²) in [5, 5.41) is 10.3. The van der Waals surface area contributed by atoms with Gasteiger partial charge >= 0.3 is 12.1 Å². The second-order valence-electron chi connectivity index (χ2n) is 7.84. The molecule has 3 rings (SSSR count). The average Bonchev–Trinajstić information content (AvgIpc) is 2.83. The topological polar surface area (TPSA) is 65.9 Å². The van der Waals surface area contributed by atoms with Crippen molar-refractivity contribution in [3.63, 3.8) is 0 Å². The standard InChI is InChI=1S/C25H24Cl2F3N3O3/c1-4-21(24(34)35)33(5-2)22-10-8-17(13-18(22)25(28,29)30)36-23-11-7-16(14-31-23)32(3)15-6-9-19(26)20(27)12-15/h6-14,21H,4-5H2,1-3H3,(H,34,35). The van der Waals surface area contributed by atoms with Gasteiger partial charge < -0.3 is 19.6 Å². The van der Waals surface area contributed by atoms with E-state index < -0.39 is 23.8 Å². The number of hydrogen-bond donors (Lipinski definition) is 1. The number of rotatable bonds is 9. The summed E-state index contributed by atoms with van der Waals surface area (Å²) in [4.78, 5) is 18.8. The van der Waals surface area contributed by atoms with Crippen LogP contribution in [-0.2, 0) is 11.0 Å². The molecule has 1 N–H and O–H groups in total. The largest absolute Gasteiger partial charge is 0.480 e. The minimum absolute atomic E-state index is 0.0800. The van der Waals surface area contributed by atoms with Crippen molar-refractivity contribution >= 4 is 46.2 Å². The van der Waals surface area contributed by atoms with Crippen LogP contribution in [0.4, 0.5) is 30.2 Å². The fraction of sp³-hybridized carbons (Fsp3) is 0.280. The first-order valence-corrected chi connectivity index (χ1v) is 11.7. The number of hydrogen-bond acceptors (Lipinski definition) is 5. The summed E-state index contributed by atoms with van der Waals surface area (Å²) in [6.07, 6.45) is -3.07. The fourth-order valence-corrected chi connectivity index (χ4v) is 4.03. The van der Waals surface area contributed by atoms with E-state index in [1.807, 2.05) is 4.90 Å². The third kappa shape index (κ3) is 6.14. The van der Waals surface area contributed by atoms with Crippen LogP contribution in [0.2, 0.25) is 10.0 Å². The molecule has 1 heterocycles. The van der Waals surface area contributed by atoms with E-state index in [1.165, 1.54) is 29.3 Å². The number of carboxylic acid groups (broad SMARTS) is 1. The maximum atomic E-state index is 13.9. The molecule has 0 aliphatic heterocycles. The monoisotopic (exact) mass is 541 g/mol. The second kappa shape index (κ2) is 11.3. The van der Waals surface area contributed by atoms with Gasteiger partial charge in [0.1, 0.15) is 11.8 Å². The van der Waals surface area contributed by atoms with Crippen LogP contribution in [0.25, 0.3) is 0 Å². The number of anilines is 3. The van der Waals surface area contributed by atoms with E-state index in [-0.39, 0.29) is 30.3 Å². The predicted octanol–water partition coefficient (Wildman–Crippen LogP) is 7.66. The number of benzene rings is 2. The number of halogens is 5. The first-order valence-electron chi connectivity index (χ1n) is 11.0. The van der Waals surface area contributed by atoms with Crippen LogP contribution >= 0.6 is 23.2 Å². The van der Waals surface area contributed by atoms with E-state index in [0.29, 0.717) is 15.7 Å². The fourth-order valence-electron chi connectivity index (χ4n) is 3.74. The summed E-state index contributed by atoms with van der Waals surface area (Å²) < 4.78 is 47.3. The third-order valence-electron chi connectivity index (χ3n) is 5.59. The zero-order valence-corrected chi connectivity index (χ0v) is 21.2. The van der Waals surface area contributed by atoms with Gasteiger partial charge in [0.25, 0.3) is 0 Å². The van der Waals surface area contributed by atoms with Gasteiger partial charge in [-0.15, -0.1) is 0 Å².